The molecule has 3 rings (SSSR count). The summed E-state index contributed by atoms with van der Waals surface area (Å²) < 4.78 is 0.687. The molecule has 23 heavy (non-hydrogen) atoms. The molecule has 6 heteroatoms. The van der Waals surface area contributed by atoms with Gasteiger partial charge in [0.1, 0.15) is 0 Å². The molecule has 0 spiro atoms. The van der Waals surface area contributed by atoms with E-state index < -0.39 is 0 Å². The predicted molar refractivity (Wildman–Crippen MR) is 96.5 cm³/mol. The molecule has 0 radical (unpaired) electrons. The minimum atomic E-state index is 0.147. The molecule has 1 aromatic heterocycles. The highest BCUT2D eigenvalue weighted by Crippen LogP contribution is 2.26. The molecular weight excluding hydrogens is 330 g/mol. The van der Waals surface area contributed by atoms with Crippen LogP contribution >= 0.6 is 22.9 Å². The first-order valence-electron chi connectivity index (χ1n) is 8.50. The van der Waals surface area contributed by atoms with Gasteiger partial charge in [0.15, 0.2) is 0 Å². The number of halogens is 1. The van der Waals surface area contributed by atoms with Crippen LogP contribution in [0.5, 0.6) is 0 Å². The van der Waals surface area contributed by atoms with Crippen molar-refractivity contribution in [3.8, 4) is 0 Å². The summed E-state index contributed by atoms with van der Waals surface area (Å²) in [4.78, 5) is 20.3. The van der Waals surface area contributed by atoms with E-state index >= 15 is 0 Å². The van der Waals surface area contributed by atoms with Gasteiger partial charge in [-0.1, -0.05) is 11.6 Å². The van der Waals surface area contributed by atoms with E-state index in [-0.39, 0.29) is 5.91 Å². The van der Waals surface area contributed by atoms with E-state index in [2.05, 4.69) is 23.8 Å². The summed E-state index contributed by atoms with van der Waals surface area (Å²) in [6.45, 7) is 8.76. The van der Waals surface area contributed by atoms with Crippen LogP contribution in [-0.4, -0.2) is 73.0 Å². The van der Waals surface area contributed by atoms with Gasteiger partial charge in [0, 0.05) is 45.3 Å². The van der Waals surface area contributed by atoms with Crippen LogP contribution in [0.2, 0.25) is 4.34 Å². The van der Waals surface area contributed by atoms with Crippen molar-refractivity contribution in [1.29, 1.82) is 0 Å². The molecule has 0 aromatic carbocycles. The first kappa shape index (κ1) is 17.2. The van der Waals surface area contributed by atoms with Gasteiger partial charge < -0.3 is 9.80 Å². The van der Waals surface area contributed by atoms with E-state index in [1.54, 1.807) is 6.07 Å². The van der Waals surface area contributed by atoms with Gasteiger partial charge in [0.05, 0.1) is 9.21 Å². The third kappa shape index (κ3) is 4.27. The molecule has 2 aliphatic rings. The van der Waals surface area contributed by atoms with E-state index in [0.29, 0.717) is 10.4 Å². The molecule has 1 atom stereocenters. The number of piperazine rings is 1. The number of carbonyl (C=O) groups excluding carboxylic acids is 1. The molecule has 4 nitrogen and oxygen atoms in total. The Morgan fingerprint density at radius 3 is 2.61 bits per heavy atom. The van der Waals surface area contributed by atoms with E-state index in [1.165, 1.54) is 31.0 Å². The molecule has 0 bridgehead atoms. The SMILES string of the molecule is CC1CN(C)CCN1CC1CCN(C(=O)c2ccc(Cl)s2)CC1. The number of piperidine rings is 1. The maximum absolute atomic E-state index is 12.5. The first-order valence-corrected chi connectivity index (χ1v) is 9.69. The maximum atomic E-state index is 12.5. The maximum Gasteiger partial charge on any atom is 0.263 e. The fraction of sp³-hybridized carbons (Fsp3) is 0.706. The zero-order chi connectivity index (χ0) is 16.4. The highest BCUT2D eigenvalue weighted by atomic mass is 35.5. The highest BCUT2D eigenvalue weighted by Gasteiger charge is 2.28. The van der Waals surface area contributed by atoms with Crippen LogP contribution in [0.1, 0.15) is 29.4 Å². The lowest BCUT2D eigenvalue weighted by Crippen LogP contribution is -2.52. The second-order valence-corrected chi connectivity index (χ2v) is 8.66. The van der Waals surface area contributed by atoms with Crippen LogP contribution < -0.4 is 0 Å². The van der Waals surface area contributed by atoms with Crippen molar-refractivity contribution in [2.75, 3.05) is 46.3 Å². The van der Waals surface area contributed by atoms with Gasteiger partial charge in [-0.3, -0.25) is 9.69 Å². The second kappa shape index (κ2) is 7.51. The summed E-state index contributed by atoms with van der Waals surface area (Å²) in [5, 5.41) is 0. The summed E-state index contributed by atoms with van der Waals surface area (Å²) in [7, 11) is 2.20. The average Bonchev–Trinajstić information content (AvgIpc) is 2.97. The topological polar surface area (TPSA) is 26.8 Å². The van der Waals surface area contributed by atoms with Gasteiger partial charge in [0.25, 0.3) is 5.91 Å². The number of carbonyl (C=O) groups is 1. The van der Waals surface area contributed by atoms with Gasteiger partial charge in [0.2, 0.25) is 0 Å². The number of likely N-dealkylation sites (tertiary alicyclic amines) is 1. The molecule has 1 amide bonds. The molecule has 3 heterocycles. The van der Waals surface area contributed by atoms with Crippen LogP contribution in [0.15, 0.2) is 12.1 Å². The standard InChI is InChI=1S/C17H26ClN3OS/c1-13-11-19(2)9-10-21(13)12-14-5-7-20(8-6-14)17(22)15-3-4-16(18)23-15/h3-4,13-14H,5-12H2,1-2H3. The zero-order valence-corrected chi connectivity index (χ0v) is 15.6. The molecule has 0 saturated carbocycles. The predicted octanol–water partition coefficient (Wildman–Crippen LogP) is 2.89. The Kier molecular flexibility index (Phi) is 5.62. The lowest BCUT2D eigenvalue weighted by Gasteiger charge is -2.41. The van der Waals surface area contributed by atoms with Gasteiger partial charge in [-0.25, -0.2) is 0 Å². The monoisotopic (exact) mass is 355 g/mol. The third-order valence-corrected chi connectivity index (χ3v) is 6.37. The van der Waals surface area contributed by atoms with Gasteiger partial charge in [-0.15, -0.1) is 11.3 Å². The lowest BCUT2D eigenvalue weighted by molar-refractivity contribution is 0.0559. The van der Waals surface area contributed by atoms with Crippen molar-refractivity contribution in [2.45, 2.75) is 25.8 Å². The van der Waals surface area contributed by atoms with Crippen LogP contribution in [-0.2, 0) is 0 Å². The van der Waals surface area contributed by atoms with Crippen LogP contribution in [0.4, 0.5) is 0 Å². The highest BCUT2D eigenvalue weighted by molar-refractivity contribution is 7.17. The van der Waals surface area contributed by atoms with Crippen molar-refractivity contribution >= 4 is 28.8 Å². The van der Waals surface area contributed by atoms with Crippen molar-refractivity contribution in [3.05, 3.63) is 21.3 Å². The number of hydrogen-bond donors (Lipinski definition) is 0. The number of amides is 1. The number of nitrogens with zero attached hydrogens (tertiary/aromatic N) is 3. The van der Waals surface area contributed by atoms with Gasteiger partial charge >= 0.3 is 0 Å². The van der Waals surface area contributed by atoms with Crippen LogP contribution in [0.25, 0.3) is 0 Å². The molecule has 1 unspecified atom stereocenters. The summed E-state index contributed by atoms with van der Waals surface area (Å²) in [5.74, 6) is 0.866. The van der Waals surface area contributed by atoms with Crippen molar-refractivity contribution in [2.24, 2.45) is 5.92 Å². The Morgan fingerprint density at radius 1 is 1.26 bits per heavy atom. The molecular formula is C17H26ClN3OS. The third-order valence-electron chi connectivity index (χ3n) is 5.15. The summed E-state index contributed by atoms with van der Waals surface area (Å²) in [6.07, 6.45) is 2.23. The Morgan fingerprint density at radius 2 is 2.00 bits per heavy atom. The Labute approximate surface area is 148 Å². The van der Waals surface area contributed by atoms with E-state index in [0.717, 1.165) is 43.3 Å². The number of hydrogen-bond acceptors (Lipinski definition) is 4. The number of rotatable bonds is 3. The Hall–Kier alpha value is -0.620. The van der Waals surface area contributed by atoms with Crippen LogP contribution in [0.3, 0.4) is 0 Å². The fourth-order valence-corrected chi connectivity index (χ4v) is 4.69. The normalized spacial score (nSPS) is 25.0. The summed E-state index contributed by atoms with van der Waals surface area (Å²) >= 11 is 7.32. The Bertz CT molecular complexity index is 542. The molecule has 0 aliphatic carbocycles. The molecule has 1 aromatic rings. The molecule has 0 N–H and O–H groups in total. The first-order chi connectivity index (χ1) is 11.0. The van der Waals surface area contributed by atoms with E-state index in [9.17, 15) is 4.79 Å². The molecule has 128 valence electrons. The second-order valence-electron chi connectivity index (χ2n) is 6.95. The smallest absolute Gasteiger partial charge is 0.263 e. The van der Waals surface area contributed by atoms with E-state index in [1.807, 2.05) is 11.0 Å². The van der Waals surface area contributed by atoms with Crippen molar-refractivity contribution < 1.29 is 4.79 Å². The van der Waals surface area contributed by atoms with Gasteiger partial charge in [-0.2, -0.15) is 0 Å². The Balaban J connectivity index is 1.48. The number of likely N-dealkylation sites (N-methyl/N-ethyl adjacent to an activating group) is 1. The molecule has 2 fully saturated rings. The van der Waals surface area contributed by atoms with Gasteiger partial charge in [-0.05, 0) is 44.9 Å². The average molecular weight is 356 g/mol. The van der Waals surface area contributed by atoms with Crippen LogP contribution in [0, 0.1) is 5.92 Å². The quantitative estimate of drug-likeness (QED) is 0.834. The molecule has 2 saturated heterocycles. The minimum Gasteiger partial charge on any atom is -0.338 e. The zero-order valence-electron chi connectivity index (χ0n) is 14.0. The fourth-order valence-electron chi connectivity index (χ4n) is 3.68. The largest absolute Gasteiger partial charge is 0.338 e. The minimum absolute atomic E-state index is 0.147. The molecule has 2 aliphatic heterocycles. The van der Waals surface area contributed by atoms with E-state index in [4.69, 9.17) is 11.6 Å². The van der Waals surface area contributed by atoms with Crippen molar-refractivity contribution in [1.82, 2.24) is 14.7 Å². The lowest BCUT2D eigenvalue weighted by atomic mass is 9.95. The summed E-state index contributed by atoms with van der Waals surface area (Å²) in [6, 6.07) is 4.29. The van der Waals surface area contributed by atoms with Crippen molar-refractivity contribution in [3.63, 3.8) is 0 Å². The summed E-state index contributed by atoms with van der Waals surface area (Å²) in [5.41, 5.74) is 0. The number of thiophene rings is 1.